The molecule has 1 N–H and O–H groups in total. The van der Waals surface area contributed by atoms with E-state index in [-0.39, 0.29) is 18.8 Å². The zero-order valence-corrected chi connectivity index (χ0v) is 7.60. The molecule has 1 aliphatic rings. The van der Waals surface area contributed by atoms with Gasteiger partial charge in [0.05, 0.1) is 6.73 Å². The lowest BCUT2D eigenvalue weighted by Crippen LogP contribution is -2.29. The minimum atomic E-state index is -1.57. The van der Waals surface area contributed by atoms with E-state index in [0.29, 0.717) is 13.0 Å². The van der Waals surface area contributed by atoms with Gasteiger partial charge in [-0.2, -0.15) is 8.78 Å². The van der Waals surface area contributed by atoms with Crippen LogP contribution in [-0.2, 0) is 0 Å². The van der Waals surface area contributed by atoms with Crippen LogP contribution in [0.25, 0.3) is 0 Å². The third-order valence-corrected chi connectivity index (χ3v) is 2.33. The van der Waals surface area contributed by atoms with Gasteiger partial charge in [-0.25, -0.2) is 0 Å². The maximum atomic E-state index is 12.3. The molecule has 0 atom stereocenters. The van der Waals surface area contributed by atoms with Crippen LogP contribution in [0, 0.1) is 0 Å². The lowest BCUT2D eigenvalue weighted by molar-refractivity contribution is 0.109. The van der Waals surface area contributed by atoms with Crippen LogP contribution in [-0.4, -0.2) is 29.8 Å². The van der Waals surface area contributed by atoms with Gasteiger partial charge in [0.15, 0.2) is 0 Å². The van der Waals surface area contributed by atoms with Gasteiger partial charge in [-0.15, -0.1) is 0 Å². The quantitative estimate of drug-likeness (QED) is 0.685. The zero-order chi connectivity index (χ0) is 9.68. The average Bonchev–Trinajstić information content (AvgIpc) is 2.03. The van der Waals surface area contributed by atoms with Crippen molar-refractivity contribution in [3.05, 3.63) is 11.7 Å². The Bertz CT molecular complexity index is 190. The molecule has 0 radical (unpaired) electrons. The molecule has 0 aromatic carbocycles. The lowest BCUT2D eigenvalue weighted by Gasteiger charge is -2.23. The number of aliphatic hydroxyl groups excluding tert-OH is 1. The van der Waals surface area contributed by atoms with E-state index in [0.717, 1.165) is 19.3 Å². The number of hydrogen-bond donors (Lipinski definition) is 1. The molecule has 1 rings (SSSR count). The standard InChI is InChI=1S/C9H15F2NO/c10-9(11)8-4-2-1-3-5-12(6-8)7-13/h13H,1-7H2. The van der Waals surface area contributed by atoms with Gasteiger partial charge in [-0.3, -0.25) is 4.90 Å². The van der Waals surface area contributed by atoms with Gasteiger partial charge in [-0.1, -0.05) is 6.42 Å². The minimum Gasteiger partial charge on any atom is -0.381 e. The number of halogens is 2. The number of aliphatic hydroxyl groups is 1. The summed E-state index contributed by atoms with van der Waals surface area (Å²) in [7, 11) is 0. The van der Waals surface area contributed by atoms with E-state index >= 15 is 0 Å². The Morgan fingerprint density at radius 3 is 2.69 bits per heavy atom. The van der Waals surface area contributed by atoms with Crippen molar-refractivity contribution in [2.75, 3.05) is 19.8 Å². The van der Waals surface area contributed by atoms with Gasteiger partial charge in [0, 0.05) is 18.7 Å². The first kappa shape index (κ1) is 10.6. The zero-order valence-electron chi connectivity index (χ0n) is 7.60. The minimum absolute atomic E-state index is 0.128. The van der Waals surface area contributed by atoms with Crippen LogP contribution in [0.5, 0.6) is 0 Å². The normalized spacial score (nSPS) is 21.0. The molecule has 1 fully saturated rings. The number of rotatable bonds is 1. The fourth-order valence-electron chi connectivity index (χ4n) is 1.55. The van der Waals surface area contributed by atoms with Gasteiger partial charge < -0.3 is 5.11 Å². The Hall–Kier alpha value is -0.480. The molecular weight excluding hydrogens is 176 g/mol. The van der Waals surface area contributed by atoms with Gasteiger partial charge in [-0.05, 0) is 19.3 Å². The summed E-state index contributed by atoms with van der Waals surface area (Å²) in [6.45, 7) is 0.808. The molecule has 1 saturated heterocycles. The van der Waals surface area contributed by atoms with E-state index in [2.05, 4.69) is 0 Å². The third kappa shape index (κ3) is 3.40. The van der Waals surface area contributed by atoms with Gasteiger partial charge in [0.2, 0.25) is 0 Å². The summed E-state index contributed by atoms with van der Waals surface area (Å²) < 4.78 is 24.6. The summed E-state index contributed by atoms with van der Waals surface area (Å²) in [5, 5.41) is 8.87. The first-order valence-electron chi connectivity index (χ1n) is 4.60. The largest absolute Gasteiger partial charge is 0.381 e. The maximum absolute atomic E-state index is 12.3. The predicted molar refractivity (Wildman–Crippen MR) is 46.4 cm³/mol. The molecule has 0 aliphatic carbocycles. The molecule has 13 heavy (non-hydrogen) atoms. The highest BCUT2D eigenvalue weighted by atomic mass is 19.3. The van der Waals surface area contributed by atoms with Gasteiger partial charge in [0.1, 0.15) is 0 Å². The summed E-state index contributed by atoms with van der Waals surface area (Å²) in [5.41, 5.74) is 0.189. The molecule has 0 aromatic rings. The highest BCUT2D eigenvalue weighted by Gasteiger charge is 2.14. The molecule has 4 heteroatoms. The molecule has 1 aliphatic heterocycles. The van der Waals surface area contributed by atoms with Crippen molar-refractivity contribution >= 4 is 0 Å². The van der Waals surface area contributed by atoms with E-state index in [4.69, 9.17) is 5.11 Å². The summed E-state index contributed by atoms with van der Waals surface area (Å²) in [5.74, 6) is 0. The Morgan fingerprint density at radius 2 is 2.08 bits per heavy atom. The molecule has 0 spiro atoms. The molecule has 0 unspecified atom stereocenters. The van der Waals surface area contributed by atoms with Crippen molar-refractivity contribution in [2.45, 2.75) is 25.7 Å². The summed E-state index contributed by atoms with van der Waals surface area (Å²) in [4.78, 5) is 1.65. The summed E-state index contributed by atoms with van der Waals surface area (Å²) in [6.07, 6.45) is 1.69. The van der Waals surface area contributed by atoms with Crippen LogP contribution >= 0.6 is 0 Å². The third-order valence-electron chi connectivity index (χ3n) is 2.33. The fourth-order valence-corrected chi connectivity index (χ4v) is 1.55. The summed E-state index contributed by atoms with van der Waals surface area (Å²) >= 11 is 0. The van der Waals surface area contributed by atoms with Crippen LogP contribution < -0.4 is 0 Å². The highest BCUT2D eigenvalue weighted by Crippen LogP contribution is 2.19. The molecule has 76 valence electrons. The van der Waals surface area contributed by atoms with Crippen LogP contribution in [0.3, 0.4) is 0 Å². The first-order chi connectivity index (χ1) is 6.24. The molecule has 0 aromatic heterocycles. The maximum Gasteiger partial charge on any atom is 0.270 e. The topological polar surface area (TPSA) is 23.5 Å². The van der Waals surface area contributed by atoms with Crippen LogP contribution in [0.1, 0.15) is 25.7 Å². The molecule has 0 saturated carbocycles. The molecule has 2 nitrogen and oxygen atoms in total. The van der Waals surface area contributed by atoms with Crippen LogP contribution in [0.2, 0.25) is 0 Å². The van der Waals surface area contributed by atoms with E-state index in [1.165, 1.54) is 0 Å². The van der Waals surface area contributed by atoms with Crippen molar-refractivity contribution in [3.8, 4) is 0 Å². The van der Waals surface area contributed by atoms with Crippen LogP contribution in [0.15, 0.2) is 11.7 Å². The van der Waals surface area contributed by atoms with Crippen molar-refractivity contribution in [1.29, 1.82) is 0 Å². The Balaban J connectivity index is 2.58. The van der Waals surface area contributed by atoms with E-state index < -0.39 is 6.08 Å². The van der Waals surface area contributed by atoms with Gasteiger partial charge in [0.25, 0.3) is 6.08 Å². The lowest BCUT2D eigenvalue weighted by atomic mass is 10.1. The number of hydrogen-bond acceptors (Lipinski definition) is 2. The van der Waals surface area contributed by atoms with Crippen molar-refractivity contribution in [3.63, 3.8) is 0 Å². The fraction of sp³-hybridized carbons (Fsp3) is 0.778. The van der Waals surface area contributed by atoms with Crippen LogP contribution in [0.4, 0.5) is 8.78 Å². The monoisotopic (exact) mass is 191 g/mol. The number of nitrogens with zero attached hydrogens (tertiary/aromatic N) is 1. The van der Waals surface area contributed by atoms with Gasteiger partial charge >= 0.3 is 0 Å². The predicted octanol–water partition coefficient (Wildman–Crippen LogP) is 1.96. The molecule has 0 bridgehead atoms. The second kappa shape index (κ2) is 5.29. The molecular formula is C9H15F2NO. The highest BCUT2D eigenvalue weighted by molar-refractivity contribution is 5.05. The van der Waals surface area contributed by atoms with E-state index in [1.54, 1.807) is 4.90 Å². The second-order valence-corrected chi connectivity index (χ2v) is 3.37. The Kier molecular flexibility index (Phi) is 4.32. The Morgan fingerprint density at radius 1 is 1.31 bits per heavy atom. The first-order valence-corrected chi connectivity index (χ1v) is 4.60. The molecule has 1 heterocycles. The molecule has 0 amide bonds. The van der Waals surface area contributed by atoms with Crippen molar-refractivity contribution in [1.82, 2.24) is 4.90 Å². The smallest absolute Gasteiger partial charge is 0.270 e. The second-order valence-electron chi connectivity index (χ2n) is 3.37. The van der Waals surface area contributed by atoms with E-state index in [9.17, 15) is 8.78 Å². The summed E-state index contributed by atoms with van der Waals surface area (Å²) in [6, 6.07) is 0. The van der Waals surface area contributed by atoms with Crippen molar-refractivity contribution < 1.29 is 13.9 Å². The number of likely N-dealkylation sites (tertiary alicyclic amines) is 1. The average molecular weight is 191 g/mol. The van der Waals surface area contributed by atoms with E-state index in [1.807, 2.05) is 0 Å². The SMILES string of the molecule is OCN1CCCCCC(=C(F)F)C1. The van der Waals surface area contributed by atoms with Crippen molar-refractivity contribution in [2.24, 2.45) is 0 Å². The Labute approximate surface area is 76.8 Å².